The molecular formula is C13H6Cl5FO. The van der Waals surface area contributed by atoms with Crippen LogP contribution in [0.25, 0.3) is 11.1 Å². The second-order valence-corrected chi connectivity index (χ2v) is 5.79. The van der Waals surface area contributed by atoms with Gasteiger partial charge in [0.2, 0.25) is 0 Å². The SMILES string of the molecule is OCc1cc(F)ccc1-c1c(Cl)c(Cl)c(Cl)c(Cl)c1Cl. The summed E-state index contributed by atoms with van der Waals surface area (Å²) in [7, 11) is 0. The molecule has 2 rings (SSSR count). The Balaban J connectivity index is 2.83. The van der Waals surface area contributed by atoms with Gasteiger partial charge in [-0.05, 0) is 23.3 Å². The van der Waals surface area contributed by atoms with Crippen molar-refractivity contribution in [2.45, 2.75) is 6.61 Å². The second-order valence-electron chi connectivity index (χ2n) is 3.90. The van der Waals surface area contributed by atoms with Crippen LogP contribution in [0.5, 0.6) is 0 Å². The number of rotatable bonds is 2. The molecule has 0 unspecified atom stereocenters. The summed E-state index contributed by atoms with van der Waals surface area (Å²) in [6, 6.07) is 3.84. The van der Waals surface area contributed by atoms with E-state index in [1.54, 1.807) is 0 Å². The van der Waals surface area contributed by atoms with Crippen molar-refractivity contribution in [3.63, 3.8) is 0 Å². The Morgan fingerprint density at radius 3 is 1.85 bits per heavy atom. The van der Waals surface area contributed by atoms with E-state index in [1.807, 2.05) is 0 Å². The maximum atomic E-state index is 13.2. The van der Waals surface area contributed by atoms with Crippen LogP contribution in [0.4, 0.5) is 4.39 Å². The lowest BCUT2D eigenvalue weighted by Crippen LogP contribution is -1.94. The van der Waals surface area contributed by atoms with E-state index in [0.717, 1.165) is 0 Å². The van der Waals surface area contributed by atoms with Crippen molar-refractivity contribution in [2.75, 3.05) is 0 Å². The molecule has 0 radical (unpaired) electrons. The molecule has 0 saturated carbocycles. The highest BCUT2D eigenvalue weighted by Gasteiger charge is 2.22. The zero-order chi connectivity index (χ0) is 15.0. The van der Waals surface area contributed by atoms with Gasteiger partial charge in [-0.1, -0.05) is 64.1 Å². The lowest BCUT2D eigenvalue weighted by molar-refractivity contribution is 0.282. The summed E-state index contributed by atoms with van der Waals surface area (Å²) in [4.78, 5) is 0. The van der Waals surface area contributed by atoms with Crippen LogP contribution < -0.4 is 0 Å². The van der Waals surface area contributed by atoms with Gasteiger partial charge < -0.3 is 5.11 Å². The predicted molar refractivity (Wildman–Crippen MR) is 82.8 cm³/mol. The first-order chi connectivity index (χ1) is 9.38. The number of aliphatic hydroxyl groups excluding tert-OH is 1. The molecule has 7 heteroatoms. The van der Waals surface area contributed by atoms with E-state index in [-0.39, 0.29) is 25.1 Å². The number of hydrogen-bond donors (Lipinski definition) is 1. The summed E-state index contributed by atoms with van der Waals surface area (Å²) in [6.45, 7) is -0.391. The third-order valence-electron chi connectivity index (χ3n) is 2.72. The summed E-state index contributed by atoms with van der Waals surface area (Å²) >= 11 is 30.2. The highest BCUT2D eigenvalue weighted by Crippen LogP contribution is 2.48. The van der Waals surface area contributed by atoms with Crippen LogP contribution in [-0.2, 0) is 6.61 Å². The maximum absolute atomic E-state index is 13.2. The van der Waals surface area contributed by atoms with Crippen LogP contribution in [0.3, 0.4) is 0 Å². The molecule has 1 nitrogen and oxygen atoms in total. The van der Waals surface area contributed by atoms with Crippen molar-refractivity contribution < 1.29 is 9.50 Å². The average Bonchev–Trinajstić information content (AvgIpc) is 2.44. The minimum absolute atomic E-state index is 0.0414. The Bertz CT molecular complexity index is 658. The molecule has 0 aromatic heterocycles. The molecular weight excluding hydrogens is 368 g/mol. The number of halogens is 6. The summed E-state index contributed by atoms with van der Waals surface area (Å²) in [5.41, 5.74) is 1.05. The van der Waals surface area contributed by atoms with Gasteiger partial charge in [-0.25, -0.2) is 4.39 Å². The summed E-state index contributed by atoms with van der Waals surface area (Å²) in [5.74, 6) is -0.490. The zero-order valence-electron chi connectivity index (χ0n) is 9.65. The van der Waals surface area contributed by atoms with E-state index in [1.165, 1.54) is 18.2 Å². The molecule has 2 aromatic carbocycles. The number of aliphatic hydroxyl groups is 1. The Hall–Kier alpha value is -0.220. The van der Waals surface area contributed by atoms with Crippen LogP contribution >= 0.6 is 58.0 Å². The Morgan fingerprint density at radius 2 is 1.35 bits per heavy atom. The largest absolute Gasteiger partial charge is 0.392 e. The highest BCUT2D eigenvalue weighted by molar-refractivity contribution is 6.56. The number of benzene rings is 2. The molecule has 0 bridgehead atoms. The van der Waals surface area contributed by atoms with Crippen molar-refractivity contribution >= 4 is 58.0 Å². The van der Waals surface area contributed by atoms with Crippen LogP contribution in [0.2, 0.25) is 25.1 Å². The normalized spacial score (nSPS) is 10.9. The highest BCUT2D eigenvalue weighted by atomic mass is 35.5. The topological polar surface area (TPSA) is 20.2 Å². The van der Waals surface area contributed by atoms with Crippen molar-refractivity contribution in [2.24, 2.45) is 0 Å². The van der Waals surface area contributed by atoms with E-state index < -0.39 is 12.4 Å². The van der Waals surface area contributed by atoms with Gasteiger partial charge in [0.05, 0.1) is 31.7 Å². The van der Waals surface area contributed by atoms with Crippen molar-refractivity contribution in [1.29, 1.82) is 0 Å². The fourth-order valence-electron chi connectivity index (χ4n) is 1.78. The van der Waals surface area contributed by atoms with Crippen LogP contribution in [0.15, 0.2) is 18.2 Å². The van der Waals surface area contributed by atoms with E-state index in [4.69, 9.17) is 58.0 Å². The molecule has 0 fully saturated rings. The fraction of sp³-hybridized carbons (Fsp3) is 0.0769. The van der Waals surface area contributed by atoms with Crippen LogP contribution in [-0.4, -0.2) is 5.11 Å². The molecule has 106 valence electrons. The Kier molecular flexibility index (Phi) is 5.06. The van der Waals surface area contributed by atoms with Gasteiger partial charge in [-0.3, -0.25) is 0 Å². The van der Waals surface area contributed by atoms with E-state index in [0.29, 0.717) is 16.7 Å². The smallest absolute Gasteiger partial charge is 0.123 e. The lowest BCUT2D eigenvalue weighted by atomic mass is 9.99. The maximum Gasteiger partial charge on any atom is 0.123 e. The molecule has 0 saturated heterocycles. The first-order valence-electron chi connectivity index (χ1n) is 5.29. The molecule has 0 heterocycles. The molecule has 2 aromatic rings. The third-order valence-corrected chi connectivity index (χ3v) is 4.99. The summed E-state index contributed by atoms with van der Waals surface area (Å²) in [5, 5.41) is 9.65. The van der Waals surface area contributed by atoms with Gasteiger partial charge in [0.1, 0.15) is 5.82 Å². The van der Waals surface area contributed by atoms with Gasteiger partial charge >= 0.3 is 0 Å². The van der Waals surface area contributed by atoms with E-state index in [2.05, 4.69) is 0 Å². The van der Waals surface area contributed by atoms with Gasteiger partial charge in [0.15, 0.2) is 0 Å². The van der Waals surface area contributed by atoms with Crippen LogP contribution in [0.1, 0.15) is 5.56 Å². The minimum Gasteiger partial charge on any atom is -0.392 e. The van der Waals surface area contributed by atoms with E-state index >= 15 is 0 Å². The quantitative estimate of drug-likeness (QED) is 0.486. The molecule has 0 amide bonds. The standard InChI is InChI=1S/C13H6Cl5FO/c14-9-8(10(15)12(17)13(18)11(9)16)7-2-1-6(19)3-5(7)4-20/h1-3,20H,4H2. The molecule has 1 N–H and O–H groups in total. The second kappa shape index (κ2) is 6.27. The summed E-state index contributed by atoms with van der Waals surface area (Å²) in [6.07, 6.45) is 0. The zero-order valence-corrected chi connectivity index (χ0v) is 13.4. The van der Waals surface area contributed by atoms with E-state index in [9.17, 15) is 9.50 Å². The molecule has 0 aliphatic carbocycles. The van der Waals surface area contributed by atoms with Gasteiger partial charge in [-0.2, -0.15) is 0 Å². The first kappa shape index (κ1) is 16.2. The predicted octanol–water partition coefficient (Wildman–Crippen LogP) is 6.25. The monoisotopic (exact) mass is 372 g/mol. The molecule has 20 heavy (non-hydrogen) atoms. The molecule has 0 atom stereocenters. The van der Waals surface area contributed by atoms with Crippen molar-refractivity contribution in [1.82, 2.24) is 0 Å². The van der Waals surface area contributed by atoms with Crippen LogP contribution in [0, 0.1) is 5.82 Å². The van der Waals surface area contributed by atoms with Crippen molar-refractivity contribution in [3.8, 4) is 11.1 Å². The van der Waals surface area contributed by atoms with Gasteiger partial charge in [0, 0.05) is 5.56 Å². The Morgan fingerprint density at radius 1 is 0.850 bits per heavy atom. The Labute approximate surface area is 139 Å². The average molecular weight is 374 g/mol. The van der Waals surface area contributed by atoms with Gasteiger partial charge in [0.25, 0.3) is 0 Å². The van der Waals surface area contributed by atoms with Gasteiger partial charge in [-0.15, -0.1) is 0 Å². The first-order valence-corrected chi connectivity index (χ1v) is 7.18. The van der Waals surface area contributed by atoms with Crippen molar-refractivity contribution in [3.05, 3.63) is 54.7 Å². The fourth-order valence-corrected chi connectivity index (χ4v) is 3.12. The summed E-state index contributed by atoms with van der Waals surface area (Å²) < 4.78 is 13.2. The third kappa shape index (κ3) is 2.74. The molecule has 0 spiro atoms. The number of hydrogen-bond acceptors (Lipinski definition) is 1. The molecule has 0 aliphatic rings. The lowest BCUT2D eigenvalue weighted by Gasteiger charge is -2.15. The minimum atomic E-state index is -0.490. The molecule has 0 aliphatic heterocycles.